The first-order chi connectivity index (χ1) is 17.1. The molecule has 0 radical (unpaired) electrons. The highest BCUT2D eigenvalue weighted by molar-refractivity contribution is 8.13. The average molecular weight is 550 g/mol. The normalized spacial score (nSPS) is 21.1. The Morgan fingerprint density at radius 3 is 2.58 bits per heavy atom. The molecule has 0 spiro atoms. The maximum Gasteiger partial charge on any atom is 0.330 e. The maximum absolute atomic E-state index is 12.4. The molecule has 1 fully saturated rings. The molecule has 1 aromatic heterocycles. The van der Waals surface area contributed by atoms with E-state index < -0.39 is 38.2 Å². The molecule has 13 heteroatoms. The average Bonchev–Trinajstić information content (AvgIpc) is 3.22. The molecule has 1 unspecified atom stereocenters. The van der Waals surface area contributed by atoms with Crippen molar-refractivity contribution in [2.24, 2.45) is 0 Å². The van der Waals surface area contributed by atoms with Crippen LogP contribution in [0.15, 0.2) is 15.8 Å². The standard InChI is InChI=1S/C23H40N3O8PS/c1-7-21(28)36-11-10-31-8-9-32-35(26(15(2)3)16(4)5)34-18-12-20(33-19(18)14-27)25-13-17(6)22(29)24-23(25)30/h13,15-16,18-20,27H,7-12,14H2,1-6H3,(H,24,29,30)/t18-,19-,20-,35?/m1/s1. The van der Waals surface area contributed by atoms with E-state index in [-0.39, 0.29) is 23.8 Å². The van der Waals surface area contributed by atoms with Gasteiger partial charge >= 0.3 is 5.69 Å². The molecule has 2 rings (SSSR count). The summed E-state index contributed by atoms with van der Waals surface area (Å²) in [5.41, 5.74) is -0.634. The zero-order valence-electron chi connectivity index (χ0n) is 22.0. The Morgan fingerprint density at radius 2 is 1.97 bits per heavy atom. The van der Waals surface area contributed by atoms with Crippen molar-refractivity contribution in [1.29, 1.82) is 0 Å². The van der Waals surface area contributed by atoms with E-state index in [1.54, 1.807) is 6.92 Å². The third-order valence-corrected chi connectivity index (χ3v) is 8.63. The van der Waals surface area contributed by atoms with Gasteiger partial charge in [-0.25, -0.2) is 9.46 Å². The van der Waals surface area contributed by atoms with Crippen LogP contribution in [0.1, 0.15) is 59.3 Å². The molecule has 1 aromatic rings. The van der Waals surface area contributed by atoms with Crippen LogP contribution < -0.4 is 11.2 Å². The Kier molecular flexibility index (Phi) is 13.3. The van der Waals surface area contributed by atoms with Gasteiger partial charge in [0, 0.05) is 42.4 Å². The van der Waals surface area contributed by atoms with Gasteiger partial charge in [0.2, 0.25) is 0 Å². The number of nitrogens with one attached hydrogen (secondary N) is 1. The van der Waals surface area contributed by atoms with Gasteiger partial charge in [-0.05, 0) is 34.6 Å². The van der Waals surface area contributed by atoms with Gasteiger partial charge < -0.3 is 23.6 Å². The summed E-state index contributed by atoms with van der Waals surface area (Å²) in [4.78, 5) is 37.8. The Balaban J connectivity index is 2.06. The molecule has 1 aliphatic rings. The number of nitrogens with zero attached hydrogens (tertiary/aromatic N) is 2. The molecule has 0 aliphatic carbocycles. The fourth-order valence-corrected chi connectivity index (χ4v) is 6.15. The third-order valence-electron chi connectivity index (χ3n) is 5.50. The number of hydrogen-bond acceptors (Lipinski definition) is 10. The summed E-state index contributed by atoms with van der Waals surface area (Å²) < 4.78 is 27.5. The number of carbonyl (C=O) groups is 1. The van der Waals surface area contributed by atoms with Gasteiger partial charge in [0.25, 0.3) is 14.1 Å². The number of aromatic nitrogens is 2. The third kappa shape index (κ3) is 9.02. The predicted octanol–water partition coefficient (Wildman–Crippen LogP) is 2.56. The lowest BCUT2D eigenvalue weighted by molar-refractivity contribution is -0.110. The minimum Gasteiger partial charge on any atom is -0.394 e. The fraction of sp³-hybridized carbons (Fsp3) is 0.783. The minimum absolute atomic E-state index is 0.128. The van der Waals surface area contributed by atoms with Crippen molar-refractivity contribution in [3.63, 3.8) is 0 Å². The Morgan fingerprint density at radius 1 is 1.28 bits per heavy atom. The lowest BCUT2D eigenvalue weighted by Crippen LogP contribution is -2.36. The lowest BCUT2D eigenvalue weighted by Gasteiger charge is -2.37. The highest BCUT2D eigenvalue weighted by Gasteiger charge is 2.41. The van der Waals surface area contributed by atoms with Crippen molar-refractivity contribution in [2.75, 3.05) is 32.2 Å². The van der Waals surface area contributed by atoms with Gasteiger partial charge in [0.05, 0.1) is 32.5 Å². The van der Waals surface area contributed by atoms with Gasteiger partial charge in [-0.1, -0.05) is 18.7 Å². The van der Waals surface area contributed by atoms with Crippen LogP contribution in [0.3, 0.4) is 0 Å². The van der Waals surface area contributed by atoms with Crippen LogP contribution in [0.5, 0.6) is 0 Å². The van der Waals surface area contributed by atoms with Crippen LogP contribution in [0.4, 0.5) is 0 Å². The monoisotopic (exact) mass is 549 g/mol. The van der Waals surface area contributed by atoms with Crippen LogP contribution >= 0.6 is 20.3 Å². The van der Waals surface area contributed by atoms with Crippen molar-refractivity contribution in [3.05, 3.63) is 32.6 Å². The summed E-state index contributed by atoms with van der Waals surface area (Å²) in [5, 5.41) is 10.1. The van der Waals surface area contributed by atoms with Crippen LogP contribution in [0.2, 0.25) is 0 Å². The van der Waals surface area contributed by atoms with Crippen LogP contribution in [-0.4, -0.2) is 80.9 Å². The van der Waals surface area contributed by atoms with Crippen LogP contribution in [0, 0.1) is 6.92 Å². The molecule has 0 amide bonds. The number of thioether (sulfide) groups is 1. The molecule has 206 valence electrons. The summed E-state index contributed by atoms with van der Waals surface area (Å²) in [6.45, 7) is 12.5. The second-order valence-electron chi connectivity index (χ2n) is 8.99. The summed E-state index contributed by atoms with van der Waals surface area (Å²) in [6, 6.07) is 0.257. The smallest absolute Gasteiger partial charge is 0.330 e. The number of H-pyrrole nitrogens is 1. The summed E-state index contributed by atoms with van der Waals surface area (Å²) >= 11 is 1.26. The number of aliphatic hydroxyl groups excluding tert-OH is 1. The molecule has 4 atom stereocenters. The topological polar surface area (TPSA) is 132 Å². The maximum atomic E-state index is 12.4. The Bertz CT molecular complexity index is 933. The highest BCUT2D eigenvalue weighted by atomic mass is 32.2. The summed E-state index contributed by atoms with van der Waals surface area (Å²) in [6.07, 6.45) is 0.399. The molecule has 2 N–H and O–H groups in total. The molecule has 1 aliphatic heterocycles. The fourth-order valence-electron chi connectivity index (χ4n) is 3.78. The van der Waals surface area contributed by atoms with E-state index in [4.69, 9.17) is 18.5 Å². The minimum atomic E-state index is -1.53. The summed E-state index contributed by atoms with van der Waals surface area (Å²) in [7, 11) is -1.53. The lowest BCUT2D eigenvalue weighted by atomic mass is 10.2. The van der Waals surface area contributed by atoms with Gasteiger partial charge in [0.1, 0.15) is 12.3 Å². The van der Waals surface area contributed by atoms with Crippen molar-refractivity contribution in [1.82, 2.24) is 14.2 Å². The second-order valence-corrected chi connectivity index (χ2v) is 11.6. The van der Waals surface area contributed by atoms with Crippen molar-refractivity contribution in [3.8, 4) is 0 Å². The van der Waals surface area contributed by atoms with Crippen molar-refractivity contribution >= 4 is 25.4 Å². The molecule has 2 heterocycles. The van der Waals surface area contributed by atoms with E-state index in [0.29, 0.717) is 44.0 Å². The van der Waals surface area contributed by atoms with Gasteiger partial charge in [-0.2, -0.15) is 0 Å². The number of hydrogen-bond donors (Lipinski definition) is 2. The van der Waals surface area contributed by atoms with Gasteiger partial charge in [0.15, 0.2) is 5.12 Å². The number of aryl methyl sites for hydroxylation is 1. The van der Waals surface area contributed by atoms with Crippen molar-refractivity contribution in [2.45, 2.75) is 84.9 Å². The molecule has 11 nitrogen and oxygen atoms in total. The Hall–Kier alpha value is -1.11. The van der Waals surface area contributed by atoms with E-state index in [1.807, 2.05) is 6.92 Å². The van der Waals surface area contributed by atoms with Crippen molar-refractivity contribution < 1.29 is 28.4 Å². The van der Waals surface area contributed by atoms with Crippen LogP contribution in [0.25, 0.3) is 0 Å². The predicted molar refractivity (Wildman–Crippen MR) is 140 cm³/mol. The molecule has 36 heavy (non-hydrogen) atoms. The first kappa shape index (κ1) is 31.1. The molecule has 0 aromatic carbocycles. The zero-order valence-corrected chi connectivity index (χ0v) is 23.7. The van der Waals surface area contributed by atoms with E-state index in [2.05, 4.69) is 37.3 Å². The number of carbonyl (C=O) groups excluding carboxylic acids is 1. The van der Waals surface area contributed by atoms with E-state index in [1.165, 1.54) is 22.5 Å². The van der Waals surface area contributed by atoms with Crippen LogP contribution in [-0.2, 0) is 23.3 Å². The van der Waals surface area contributed by atoms with E-state index in [9.17, 15) is 19.5 Å². The van der Waals surface area contributed by atoms with E-state index >= 15 is 0 Å². The Labute approximate surface area is 217 Å². The number of rotatable bonds is 15. The van der Waals surface area contributed by atoms with Gasteiger partial charge in [-0.15, -0.1) is 0 Å². The quantitative estimate of drug-likeness (QED) is 0.248. The first-order valence-corrected chi connectivity index (χ1v) is 14.4. The molecular weight excluding hydrogens is 509 g/mol. The summed E-state index contributed by atoms with van der Waals surface area (Å²) in [5.74, 6) is 0.602. The zero-order chi connectivity index (χ0) is 26.8. The molecular formula is C23H40N3O8PS. The first-order valence-electron chi connectivity index (χ1n) is 12.3. The van der Waals surface area contributed by atoms with E-state index in [0.717, 1.165) is 0 Å². The second kappa shape index (κ2) is 15.3. The molecule has 0 saturated carbocycles. The largest absolute Gasteiger partial charge is 0.394 e. The molecule has 0 bridgehead atoms. The van der Waals surface area contributed by atoms with Gasteiger partial charge in [-0.3, -0.25) is 19.1 Å². The number of aromatic amines is 1. The number of aliphatic hydroxyl groups is 1. The highest BCUT2D eigenvalue weighted by Crippen LogP contribution is 2.49. The SMILES string of the molecule is CCC(=O)SCCOCCOP(O[C@@H]1C[C@H](n2cc(C)c(=O)[nH]c2=O)O[C@@H]1CO)N(C(C)C)C(C)C. The molecule has 1 saturated heterocycles. The number of ether oxygens (including phenoxy) is 2.